The highest BCUT2D eigenvalue weighted by atomic mass is 14.5. The maximum atomic E-state index is 2.69. The van der Waals surface area contributed by atoms with Gasteiger partial charge in [0.15, 0.2) is 0 Å². The Hall–Kier alpha value is -7.80. The summed E-state index contributed by atoms with van der Waals surface area (Å²) in [5.74, 6) is 1.62. The lowest BCUT2D eigenvalue weighted by molar-refractivity contribution is 0.576. The summed E-state index contributed by atoms with van der Waals surface area (Å²) in [4.78, 5) is 0. The minimum atomic E-state index is 0.332. The first-order chi connectivity index (χ1) is 34.7. The normalized spacial score (nSPS) is 22.4. The average Bonchev–Trinajstić information content (AvgIpc) is 3.92. The Morgan fingerprint density at radius 1 is 0.500 bits per heavy atom. The fourth-order valence-corrected chi connectivity index (χ4v) is 14.7. The summed E-state index contributed by atoms with van der Waals surface area (Å²) in [7, 11) is 0. The van der Waals surface area contributed by atoms with Crippen LogP contribution >= 0.6 is 0 Å². The summed E-state index contributed by atoms with van der Waals surface area (Å²) >= 11 is 0. The van der Waals surface area contributed by atoms with Crippen LogP contribution in [0.3, 0.4) is 0 Å². The molecule has 9 aliphatic rings. The second-order valence-electron chi connectivity index (χ2n) is 21.0. The molecular weight excluding hydrogens is 841 g/mol. The molecule has 9 aliphatic carbocycles. The Bertz CT molecular complexity index is 3980. The largest absolute Gasteiger partial charge is 0.0842 e. The van der Waals surface area contributed by atoms with E-state index < -0.39 is 0 Å². The van der Waals surface area contributed by atoms with E-state index in [0.717, 1.165) is 32.1 Å². The molecule has 0 aliphatic heterocycles. The molecule has 0 N–H and O–H groups in total. The second kappa shape index (κ2) is 14.9. The van der Waals surface area contributed by atoms with Crippen molar-refractivity contribution in [3.05, 3.63) is 261 Å². The molecule has 0 amide bonds. The summed E-state index contributed by atoms with van der Waals surface area (Å²) in [5.41, 5.74) is 31.2. The lowest BCUT2D eigenvalue weighted by Crippen LogP contribution is -2.35. The summed E-state index contributed by atoms with van der Waals surface area (Å²) in [6.07, 6.45) is 33.7. The number of rotatable bonds is 5. The number of benzene rings is 7. The van der Waals surface area contributed by atoms with E-state index in [1.807, 2.05) is 0 Å². The van der Waals surface area contributed by atoms with Crippen LogP contribution in [0.4, 0.5) is 0 Å². The van der Waals surface area contributed by atoms with Gasteiger partial charge in [0.1, 0.15) is 0 Å². The third kappa shape index (κ3) is 5.43. The van der Waals surface area contributed by atoms with Crippen molar-refractivity contribution in [3.63, 3.8) is 0 Å². The van der Waals surface area contributed by atoms with E-state index in [1.54, 1.807) is 16.7 Å². The summed E-state index contributed by atoms with van der Waals surface area (Å²) in [6, 6.07) is 53.5. The molecule has 0 heteroatoms. The van der Waals surface area contributed by atoms with Crippen LogP contribution in [0.1, 0.15) is 55.2 Å². The SMILES string of the molecule is C1=CCC(C2=CC3C=CC4=C5C6=C(CC4)c4c(c(-c7ccccc7-c7ccccc7)c7cc8c(cc7c4-c4ccccc4-c4ccccc4)C4=c7c-8cccc7=C7C=CCCC7C4)C6=CC(=C2)C53)C=C1. The van der Waals surface area contributed by atoms with Gasteiger partial charge >= 0.3 is 0 Å². The highest BCUT2D eigenvalue weighted by molar-refractivity contribution is 6.24. The van der Waals surface area contributed by atoms with Gasteiger partial charge in [0.2, 0.25) is 0 Å². The summed E-state index contributed by atoms with van der Waals surface area (Å²) in [5, 5.41) is 5.63. The molecule has 330 valence electrons. The molecule has 0 aromatic heterocycles. The fraction of sp³-hybridized carbons (Fsp3) is 0.143. The van der Waals surface area contributed by atoms with Crippen molar-refractivity contribution in [1.29, 1.82) is 0 Å². The average molecular weight is 891 g/mol. The van der Waals surface area contributed by atoms with Gasteiger partial charge in [-0.25, -0.2) is 0 Å². The van der Waals surface area contributed by atoms with Crippen molar-refractivity contribution in [1.82, 2.24) is 0 Å². The number of hydrogen-bond acceptors (Lipinski definition) is 0. The van der Waals surface area contributed by atoms with Gasteiger partial charge < -0.3 is 0 Å². The first-order valence-electron chi connectivity index (χ1n) is 25.9. The van der Waals surface area contributed by atoms with Crippen LogP contribution in [0.2, 0.25) is 0 Å². The van der Waals surface area contributed by atoms with Crippen molar-refractivity contribution in [2.24, 2.45) is 23.7 Å². The molecule has 16 rings (SSSR count). The zero-order valence-corrected chi connectivity index (χ0v) is 39.2. The van der Waals surface area contributed by atoms with Gasteiger partial charge in [0, 0.05) is 17.8 Å². The van der Waals surface area contributed by atoms with E-state index in [2.05, 4.69) is 206 Å². The van der Waals surface area contributed by atoms with Gasteiger partial charge in [0.05, 0.1) is 0 Å². The van der Waals surface area contributed by atoms with Crippen molar-refractivity contribution in [3.8, 4) is 55.6 Å². The smallest absolute Gasteiger partial charge is 0.0196 e. The molecule has 7 aromatic carbocycles. The number of fused-ring (bicyclic) bond motifs is 8. The number of allylic oxidation sites excluding steroid dienone is 18. The van der Waals surface area contributed by atoms with Crippen LogP contribution in [-0.4, -0.2) is 0 Å². The highest BCUT2D eigenvalue weighted by Gasteiger charge is 2.46. The molecule has 0 saturated heterocycles. The Morgan fingerprint density at radius 3 is 1.94 bits per heavy atom. The molecule has 0 bridgehead atoms. The standard InChI is InChI=1S/C70H50/c1-4-17-41(18-5-1)47-35-46-32-31-44-33-34-56-68-62(38-48(36-47)63(46)64(44)68)70-67(54-28-15-13-25-50(54)43-21-8-3-9-22-43)60-39-57-55-30-16-29-52-51-26-11-10-23-45(51)37-59(65(52)55)58(57)40-61(60)66(69(56)70)53-27-14-12-24-49(53)42-19-6-2-7-20-42/h1-9,11-17,19-22,24-32,35-36,38-41,45-46,63H,10,18,23,33-34,37H2. The third-order valence-corrected chi connectivity index (χ3v) is 17.6. The van der Waals surface area contributed by atoms with Gasteiger partial charge in [-0.2, -0.15) is 0 Å². The Balaban J connectivity index is 1.08. The Kier molecular flexibility index (Phi) is 8.29. The lowest BCUT2D eigenvalue weighted by Gasteiger charge is -2.41. The minimum absolute atomic E-state index is 0.332. The monoisotopic (exact) mass is 890 g/mol. The first kappa shape index (κ1) is 39.1. The topological polar surface area (TPSA) is 0 Å². The fourth-order valence-electron chi connectivity index (χ4n) is 14.7. The van der Waals surface area contributed by atoms with Crippen LogP contribution in [0, 0.1) is 23.7 Å². The maximum Gasteiger partial charge on any atom is 0.0196 e. The van der Waals surface area contributed by atoms with E-state index in [-0.39, 0.29) is 0 Å². The lowest BCUT2D eigenvalue weighted by atomic mass is 9.62. The molecule has 0 radical (unpaired) electrons. The molecule has 70 heavy (non-hydrogen) atoms. The van der Waals surface area contributed by atoms with Crippen LogP contribution in [-0.2, 0) is 0 Å². The van der Waals surface area contributed by atoms with Crippen LogP contribution in [0.15, 0.2) is 234 Å². The molecule has 7 aromatic rings. The minimum Gasteiger partial charge on any atom is -0.0842 e. The van der Waals surface area contributed by atoms with Crippen LogP contribution in [0.5, 0.6) is 0 Å². The van der Waals surface area contributed by atoms with E-state index in [9.17, 15) is 0 Å². The summed E-state index contributed by atoms with van der Waals surface area (Å²) < 4.78 is 0. The van der Waals surface area contributed by atoms with Crippen LogP contribution < -0.4 is 10.4 Å². The van der Waals surface area contributed by atoms with Gasteiger partial charge in [-0.15, -0.1) is 0 Å². The number of hydrogen-bond donors (Lipinski definition) is 0. The molecule has 0 nitrogen and oxygen atoms in total. The molecule has 4 atom stereocenters. The zero-order chi connectivity index (χ0) is 45.6. The van der Waals surface area contributed by atoms with Gasteiger partial charge in [-0.3, -0.25) is 0 Å². The zero-order valence-electron chi connectivity index (χ0n) is 39.2. The Morgan fingerprint density at radius 2 is 1.20 bits per heavy atom. The van der Waals surface area contributed by atoms with Crippen molar-refractivity contribution < 1.29 is 0 Å². The summed E-state index contributed by atoms with van der Waals surface area (Å²) in [6.45, 7) is 0. The van der Waals surface area contributed by atoms with Gasteiger partial charge in [-0.05, 0) is 206 Å². The molecule has 0 heterocycles. The van der Waals surface area contributed by atoms with E-state index >= 15 is 0 Å². The van der Waals surface area contributed by atoms with Crippen LogP contribution in [0.25, 0.3) is 88.7 Å². The maximum absolute atomic E-state index is 2.69. The van der Waals surface area contributed by atoms with Crippen molar-refractivity contribution in [2.75, 3.05) is 0 Å². The van der Waals surface area contributed by atoms with Gasteiger partial charge in [-0.1, -0.05) is 188 Å². The van der Waals surface area contributed by atoms with Crippen molar-refractivity contribution in [2.45, 2.75) is 38.5 Å². The molecular formula is C70H50. The molecule has 0 spiro atoms. The predicted molar refractivity (Wildman–Crippen MR) is 293 cm³/mol. The highest BCUT2D eigenvalue weighted by Crippen LogP contribution is 2.65. The van der Waals surface area contributed by atoms with E-state index in [0.29, 0.717) is 23.7 Å². The van der Waals surface area contributed by atoms with Crippen molar-refractivity contribution >= 4 is 33.1 Å². The van der Waals surface area contributed by atoms with Gasteiger partial charge in [0.25, 0.3) is 0 Å². The molecule has 0 saturated carbocycles. The molecule has 4 unspecified atom stereocenters. The van der Waals surface area contributed by atoms with E-state index in [4.69, 9.17) is 0 Å². The second-order valence-corrected chi connectivity index (χ2v) is 21.0. The molecule has 0 fully saturated rings. The third-order valence-electron chi connectivity index (χ3n) is 17.6. The quantitative estimate of drug-likeness (QED) is 0.162. The van der Waals surface area contributed by atoms with E-state index in [1.165, 1.54) is 133 Å². The Labute approximate surface area is 410 Å². The first-order valence-corrected chi connectivity index (χ1v) is 25.9. The predicted octanol–water partition coefficient (Wildman–Crippen LogP) is 16.3.